The van der Waals surface area contributed by atoms with Crippen LogP contribution in [0.4, 0.5) is 0 Å². The van der Waals surface area contributed by atoms with Crippen LogP contribution in [0.15, 0.2) is 23.8 Å². The van der Waals surface area contributed by atoms with Crippen LogP contribution >= 0.6 is 0 Å². The molecular weight excluding hydrogens is 208 g/mol. The molecule has 1 nitrogen and oxygen atoms in total. The molecule has 90 valence electrons. The van der Waals surface area contributed by atoms with Gasteiger partial charge >= 0.3 is 0 Å². The summed E-state index contributed by atoms with van der Waals surface area (Å²) in [6.07, 6.45) is 6.64. The molecule has 1 aromatic carbocycles. The van der Waals surface area contributed by atoms with Crippen LogP contribution < -0.4 is 0 Å². The molecule has 2 aliphatic rings. The van der Waals surface area contributed by atoms with Gasteiger partial charge in [-0.15, -0.1) is 0 Å². The number of hydrogen-bond acceptors (Lipinski definition) is 1. The zero-order valence-corrected chi connectivity index (χ0v) is 10.8. The average molecular weight is 228 g/mol. The maximum absolute atomic E-state index is 5.51. The van der Waals surface area contributed by atoms with Crippen molar-refractivity contribution in [2.75, 3.05) is 7.11 Å². The Kier molecular flexibility index (Phi) is 2.79. The first-order valence-corrected chi connectivity index (χ1v) is 6.64. The minimum absolute atomic E-state index is 0.329. The van der Waals surface area contributed by atoms with E-state index in [0.717, 1.165) is 6.42 Å². The second-order valence-corrected chi connectivity index (χ2v) is 5.26. The van der Waals surface area contributed by atoms with Crippen molar-refractivity contribution in [2.24, 2.45) is 0 Å². The monoisotopic (exact) mass is 228 g/mol. The number of aryl methyl sites for hydroxylation is 1. The maximum atomic E-state index is 5.51. The molecule has 0 saturated heterocycles. The molecule has 0 bridgehead atoms. The number of hydrogen-bond donors (Lipinski definition) is 0. The van der Waals surface area contributed by atoms with Crippen LogP contribution in [0.1, 0.15) is 55.4 Å². The van der Waals surface area contributed by atoms with E-state index in [9.17, 15) is 0 Å². The Balaban J connectivity index is 1.95. The van der Waals surface area contributed by atoms with E-state index in [1.54, 1.807) is 5.57 Å². The minimum atomic E-state index is 0.329. The van der Waals surface area contributed by atoms with Gasteiger partial charge in [0, 0.05) is 7.11 Å². The van der Waals surface area contributed by atoms with E-state index in [1.165, 1.54) is 47.9 Å². The lowest BCUT2D eigenvalue weighted by Gasteiger charge is -2.20. The third kappa shape index (κ3) is 1.83. The number of allylic oxidation sites excluding steroid dienone is 2. The number of rotatable bonds is 2. The van der Waals surface area contributed by atoms with Crippen molar-refractivity contribution in [3.05, 3.63) is 40.5 Å². The second-order valence-electron chi connectivity index (χ2n) is 5.26. The van der Waals surface area contributed by atoms with Gasteiger partial charge in [0.15, 0.2) is 0 Å². The summed E-state index contributed by atoms with van der Waals surface area (Å²) >= 11 is 0. The van der Waals surface area contributed by atoms with E-state index in [0.29, 0.717) is 6.10 Å². The molecule has 0 spiro atoms. The van der Waals surface area contributed by atoms with E-state index in [2.05, 4.69) is 25.1 Å². The molecule has 2 aliphatic carbocycles. The first kappa shape index (κ1) is 11.0. The van der Waals surface area contributed by atoms with Gasteiger partial charge in [0.05, 0.1) is 6.10 Å². The molecule has 0 amide bonds. The molecule has 1 heteroatoms. The molecule has 0 N–H and O–H groups in total. The van der Waals surface area contributed by atoms with E-state index >= 15 is 0 Å². The SMILES string of the molecule is COC1CCc2cc(C(C)=C3CCC3)ccc21. The largest absolute Gasteiger partial charge is 0.377 e. The van der Waals surface area contributed by atoms with Gasteiger partial charge in [-0.3, -0.25) is 0 Å². The molecule has 0 heterocycles. The molecule has 0 radical (unpaired) electrons. The lowest BCUT2D eigenvalue weighted by Crippen LogP contribution is -2.00. The normalized spacial score (nSPS) is 22.2. The highest BCUT2D eigenvalue weighted by Crippen LogP contribution is 2.37. The molecule has 1 saturated carbocycles. The fourth-order valence-corrected chi connectivity index (χ4v) is 2.99. The van der Waals surface area contributed by atoms with Gasteiger partial charge in [-0.2, -0.15) is 0 Å². The highest BCUT2D eigenvalue weighted by atomic mass is 16.5. The van der Waals surface area contributed by atoms with Gasteiger partial charge in [-0.25, -0.2) is 0 Å². The van der Waals surface area contributed by atoms with Crippen LogP contribution in [0, 0.1) is 0 Å². The summed E-state index contributed by atoms with van der Waals surface area (Å²) in [4.78, 5) is 0. The Hall–Kier alpha value is -1.08. The average Bonchev–Trinajstić information content (AvgIpc) is 2.68. The Labute approximate surface area is 103 Å². The predicted molar refractivity (Wildman–Crippen MR) is 71.0 cm³/mol. The number of ether oxygens (including phenoxy) is 1. The Bertz CT molecular complexity index is 464. The Morgan fingerprint density at radius 3 is 2.71 bits per heavy atom. The molecule has 3 rings (SSSR count). The zero-order valence-electron chi connectivity index (χ0n) is 10.8. The quantitative estimate of drug-likeness (QED) is 0.734. The summed E-state index contributed by atoms with van der Waals surface area (Å²) in [5, 5.41) is 0. The van der Waals surface area contributed by atoms with Gasteiger partial charge in [-0.1, -0.05) is 23.8 Å². The van der Waals surface area contributed by atoms with Crippen molar-refractivity contribution in [3.8, 4) is 0 Å². The van der Waals surface area contributed by atoms with E-state index < -0.39 is 0 Å². The highest BCUT2D eigenvalue weighted by Gasteiger charge is 2.22. The molecule has 17 heavy (non-hydrogen) atoms. The Morgan fingerprint density at radius 1 is 1.24 bits per heavy atom. The summed E-state index contributed by atoms with van der Waals surface area (Å²) < 4.78 is 5.51. The molecule has 0 aliphatic heterocycles. The van der Waals surface area contributed by atoms with Crippen molar-refractivity contribution < 1.29 is 4.74 Å². The molecular formula is C16H20O. The fourth-order valence-electron chi connectivity index (χ4n) is 2.99. The van der Waals surface area contributed by atoms with Crippen molar-refractivity contribution in [1.82, 2.24) is 0 Å². The van der Waals surface area contributed by atoms with Crippen molar-refractivity contribution in [3.63, 3.8) is 0 Å². The lowest BCUT2D eigenvalue weighted by molar-refractivity contribution is 0.105. The summed E-state index contributed by atoms with van der Waals surface area (Å²) in [5.74, 6) is 0. The molecule has 1 aromatic rings. The van der Waals surface area contributed by atoms with Gasteiger partial charge in [0.1, 0.15) is 0 Å². The van der Waals surface area contributed by atoms with Crippen LogP contribution in [0.2, 0.25) is 0 Å². The summed E-state index contributed by atoms with van der Waals surface area (Å²) in [6.45, 7) is 2.28. The maximum Gasteiger partial charge on any atom is 0.0827 e. The highest BCUT2D eigenvalue weighted by molar-refractivity contribution is 5.69. The third-order valence-electron chi connectivity index (χ3n) is 4.37. The summed E-state index contributed by atoms with van der Waals surface area (Å²) in [7, 11) is 1.81. The minimum Gasteiger partial charge on any atom is -0.377 e. The summed E-state index contributed by atoms with van der Waals surface area (Å²) in [5.41, 5.74) is 7.50. The zero-order chi connectivity index (χ0) is 11.8. The van der Waals surface area contributed by atoms with Crippen LogP contribution in [0.25, 0.3) is 5.57 Å². The van der Waals surface area contributed by atoms with Crippen molar-refractivity contribution in [2.45, 2.75) is 45.1 Å². The fraction of sp³-hybridized carbons (Fsp3) is 0.500. The van der Waals surface area contributed by atoms with Gasteiger partial charge < -0.3 is 4.74 Å². The van der Waals surface area contributed by atoms with Gasteiger partial charge in [0.2, 0.25) is 0 Å². The second kappa shape index (κ2) is 4.30. The van der Waals surface area contributed by atoms with Crippen molar-refractivity contribution in [1.29, 1.82) is 0 Å². The van der Waals surface area contributed by atoms with Gasteiger partial charge in [0.25, 0.3) is 0 Å². The lowest BCUT2D eigenvalue weighted by atomic mass is 9.85. The number of fused-ring (bicyclic) bond motifs is 1. The standard InChI is InChI=1S/C16H20O/c1-11(12-4-3-5-12)13-6-8-15-14(10-13)7-9-16(15)17-2/h6,8,10,16H,3-5,7,9H2,1-2H3. The smallest absolute Gasteiger partial charge is 0.0827 e. The molecule has 0 aromatic heterocycles. The van der Waals surface area contributed by atoms with Crippen LogP contribution in [0.3, 0.4) is 0 Å². The number of methoxy groups -OCH3 is 1. The van der Waals surface area contributed by atoms with E-state index in [4.69, 9.17) is 4.74 Å². The topological polar surface area (TPSA) is 9.23 Å². The van der Waals surface area contributed by atoms with Gasteiger partial charge in [-0.05, 0) is 61.3 Å². The molecule has 1 unspecified atom stereocenters. The number of benzene rings is 1. The van der Waals surface area contributed by atoms with Crippen molar-refractivity contribution >= 4 is 5.57 Å². The van der Waals surface area contributed by atoms with E-state index in [-0.39, 0.29) is 0 Å². The first-order chi connectivity index (χ1) is 8.29. The first-order valence-electron chi connectivity index (χ1n) is 6.64. The molecule has 1 fully saturated rings. The van der Waals surface area contributed by atoms with Crippen LogP contribution in [-0.4, -0.2) is 7.11 Å². The predicted octanol–water partition coefficient (Wildman–Crippen LogP) is 4.28. The third-order valence-corrected chi connectivity index (χ3v) is 4.37. The van der Waals surface area contributed by atoms with Crippen LogP contribution in [0.5, 0.6) is 0 Å². The van der Waals surface area contributed by atoms with E-state index in [1.807, 2.05) is 7.11 Å². The summed E-state index contributed by atoms with van der Waals surface area (Å²) in [6, 6.07) is 6.93. The van der Waals surface area contributed by atoms with Crippen LogP contribution in [-0.2, 0) is 11.2 Å². The Morgan fingerprint density at radius 2 is 2.06 bits per heavy atom. The molecule has 1 atom stereocenters.